The van der Waals surface area contributed by atoms with E-state index in [1.54, 1.807) is 0 Å². The Bertz CT molecular complexity index is 993. The summed E-state index contributed by atoms with van der Waals surface area (Å²) in [5.41, 5.74) is 3.33. The Morgan fingerprint density at radius 1 is 1.16 bits per heavy atom. The maximum atomic E-state index is 11.8. The largest absolute Gasteiger partial charge is 0.493 e. The highest BCUT2D eigenvalue weighted by Crippen LogP contribution is 2.20. The standard InChI is InChI=1S/C26H33N3O2/c1-3-11-21-13-5-8-16-24(21)31-20-10-9-19-29-23-15-7-6-14-22(23)28-25(29)17-18-27-26(30)12-4-2/h3,5-8,13-16H,1,4,9-12,17-20H2,2H3,(H,27,30). The van der Waals surface area contributed by atoms with Crippen molar-refractivity contribution in [3.8, 4) is 5.75 Å². The predicted molar refractivity (Wildman–Crippen MR) is 126 cm³/mol. The average molecular weight is 420 g/mol. The van der Waals surface area contributed by atoms with E-state index < -0.39 is 0 Å². The molecule has 0 unspecified atom stereocenters. The molecule has 1 N–H and O–H groups in total. The van der Waals surface area contributed by atoms with Gasteiger partial charge >= 0.3 is 0 Å². The number of carbonyl (C=O) groups is 1. The summed E-state index contributed by atoms with van der Waals surface area (Å²) >= 11 is 0. The molecule has 5 nitrogen and oxygen atoms in total. The van der Waals surface area contributed by atoms with E-state index in [9.17, 15) is 4.79 Å². The van der Waals surface area contributed by atoms with Crippen molar-refractivity contribution in [3.05, 3.63) is 72.6 Å². The summed E-state index contributed by atoms with van der Waals surface area (Å²) in [5.74, 6) is 2.08. The number of ether oxygens (including phenoxy) is 1. The number of nitrogens with one attached hydrogen (secondary N) is 1. The Kier molecular flexibility index (Phi) is 8.71. The van der Waals surface area contributed by atoms with Crippen LogP contribution in [-0.4, -0.2) is 28.6 Å². The lowest BCUT2D eigenvalue weighted by Gasteiger charge is -2.12. The second kappa shape index (κ2) is 11.9. The van der Waals surface area contributed by atoms with Gasteiger partial charge < -0.3 is 14.6 Å². The highest BCUT2D eigenvalue weighted by molar-refractivity contribution is 5.76. The van der Waals surface area contributed by atoms with Crippen LogP contribution in [0.25, 0.3) is 11.0 Å². The molecule has 0 fully saturated rings. The van der Waals surface area contributed by atoms with Gasteiger partial charge in [-0.25, -0.2) is 4.98 Å². The summed E-state index contributed by atoms with van der Waals surface area (Å²) < 4.78 is 8.31. The fraction of sp³-hybridized carbons (Fsp3) is 0.385. The van der Waals surface area contributed by atoms with E-state index in [0.29, 0.717) is 19.6 Å². The third-order valence-electron chi connectivity index (χ3n) is 5.25. The molecule has 5 heteroatoms. The van der Waals surface area contributed by atoms with Gasteiger partial charge in [0.05, 0.1) is 17.6 Å². The number of fused-ring (bicyclic) bond motifs is 1. The highest BCUT2D eigenvalue weighted by Gasteiger charge is 2.11. The Morgan fingerprint density at radius 2 is 1.97 bits per heavy atom. The van der Waals surface area contributed by atoms with Crippen LogP contribution in [0.1, 0.15) is 44.0 Å². The van der Waals surface area contributed by atoms with Gasteiger partial charge in [0.2, 0.25) is 5.91 Å². The van der Waals surface area contributed by atoms with Crippen molar-refractivity contribution in [2.24, 2.45) is 0 Å². The SMILES string of the molecule is C=CCc1ccccc1OCCCCn1c(CCNC(=O)CCC)nc2ccccc21. The molecule has 1 aromatic heterocycles. The summed E-state index contributed by atoms with van der Waals surface area (Å²) in [6.07, 6.45) is 6.85. The molecule has 164 valence electrons. The zero-order valence-corrected chi connectivity index (χ0v) is 18.5. The van der Waals surface area contributed by atoms with Crippen LogP contribution in [0.15, 0.2) is 61.2 Å². The number of hydrogen-bond donors (Lipinski definition) is 1. The Morgan fingerprint density at radius 3 is 2.81 bits per heavy atom. The second-order valence-corrected chi connectivity index (χ2v) is 7.67. The maximum absolute atomic E-state index is 11.8. The lowest BCUT2D eigenvalue weighted by molar-refractivity contribution is -0.121. The molecule has 3 aromatic rings. The van der Waals surface area contributed by atoms with Gasteiger partial charge in [0.1, 0.15) is 11.6 Å². The fourth-order valence-electron chi connectivity index (χ4n) is 3.72. The molecule has 1 amide bonds. The van der Waals surface area contributed by atoms with Gasteiger partial charge in [-0.1, -0.05) is 43.3 Å². The lowest BCUT2D eigenvalue weighted by atomic mass is 10.1. The van der Waals surface area contributed by atoms with Gasteiger partial charge in [0, 0.05) is 25.9 Å². The van der Waals surface area contributed by atoms with E-state index in [1.165, 1.54) is 5.56 Å². The first kappa shape index (κ1) is 22.6. The topological polar surface area (TPSA) is 56.1 Å². The summed E-state index contributed by atoms with van der Waals surface area (Å²) in [5, 5.41) is 2.99. The van der Waals surface area contributed by atoms with E-state index >= 15 is 0 Å². The van der Waals surface area contributed by atoms with E-state index in [4.69, 9.17) is 9.72 Å². The highest BCUT2D eigenvalue weighted by atomic mass is 16.5. The number of unbranched alkanes of at least 4 members (excludes halogenated alkanes) is 1. The molecule has 31 heavy (non-hydrogen) atoms. The molecule has 0 aliphatic heterocycles. The molecule has 0 spiro atoms. The number of aromatic nitrogens is 2. The van der Waals surface area contributed by atoms with Gasteiger partial charge in [-0.05, 0) is 49.4 Å². The maximum Gasteiger partial charge on any atom is 0.219 e. The third kappa shape index (κ3) is 6.45. The molecule has 0 aliphatic carbocycles. The van der Waals surface area contributed by atoms with E-state index in [-0.39, 0.29) is 5.91 Å². The molecule has 0 radical (unpaired) electrons. The minimum atomic E-state index is 0.110. The van der Waals surface area contributed by atoms with E-state index in [0.717, 1.165) is 61.3 Å². The van der Waals surface area contributed by atoms with Crippen LogP contribution in [0.3, 0.4) is 0 Å². The number of hydrogen-bond acceptors (Lipinski definition) is 3. The summed E-state index contributed by atoms with van der Waals surface area (Å²) in [7, 11) is 0. The Hall–Kier alpha value is -3.08. The average Bonchev–Trinajstić information content (AvgIpc) is 3.12. The molecular weight excluding hydrogens is 386 g/mol. The normalized spacial score (nSPS) is 10.9. The molecule has 0 bridgehead atoms. The quantitative estimate of drug-likeness (QED) is 0.310. The number of carbonyl (C=O) groups excluding carboxylic acids is 1. The van der Waals surface area contributed by atoms with Crippen molar-refractivity contribution in [3.63, 3.8) is 0 Å². The van der Waals surface area contributed by atoms with Crippen LogP contribution in [0, 0.1) is 0 Å². The third-order valence-corrected chi connectivity index (χ3v) is 5.25. The van der Waals surface area contributed by atoms with Crippen LogP contribution < -0.4 is 10.1 Å². The monoisotopic (exact) mass is 419 g/mol. The van der Waals surface area contributed by atoms with Crippen LogP contribution in [0.2, 0.25) is 0 Å². The van der Waals surface area contributed by atoms with Crippen molar-refractivity contribution in [1.82, 2.24) is 14.9 Å². The second-order valence-electron chi connectivity index (χ2n) is 7.67. The molecule has 3 rings (SSSR count). The van der Waals surface area contributed by atoms with E-state index in [1.807, 2.05) is 49.4 Å². The minimum Gasteiger partial charge on any atom is -0.493 e. The van der Waals surface area contributed by atoms with Crippen molar-refractivity contribution in [2.75, 3.05) is 13.2 Å². The van der Waals surface area contributed by atoms with Crippen LogP contribution >= 0.6 is 0 Å². The number of imidazole rings is 1. The number of benzene rings is 2. The molecular formula is C26H33N3O2. The summed E-state index contributed by atoms with van der Waals surface area (Å²) in [6.45, 7) is 8.02. The molecule has 1 heterocycles. The van der Waals surface area contributed by atoms with Gasteiger partial charge in [0.25, 0.3) is 0 Å². The molecule has 0 atom stereocenters. The van der Waals surface area contributed by atoms with Crippen LogP contribution in [0.5, 0.6) is 5.75 Å². The first-order chi connectivity index (χ1) is 15.2. The van der Waals surface area contributed by atoms with Crippen molar-refractivity contribution >= 4 is 16.9 Å². The number of nitrogens with zero attached hydrogens (tertiary/aromatic N) is 2. The minimum absolute atomic E-state index is 0.110. The molecule has 2 aromatic carbocycles. The number of allylic oxidation sites excluding steroid dienone is 1. The first-order valence-corrected chi connectivity index (χ1v) is 11.3. The van der Waals surface area contributed by atoms with Crippen molar-refractivity contribution < 1.29 is 9.53 Å². The number of amides is 1. The Balaban J connectivity index is 1.55. The van der Waals surface area contributed by atoms with Crippen molar-refractivity contribution in [2.45, 2.75) is 52.0 Å². The smallest absolute Gasteiger partial charge is 0.219 e. The van der Waals surface area contributed by atoms with Crippen LogP contribution in [0.4, 0.5) is 0 Å². The molecule has 0 saturated heterocycles. The van der Waals surface area contributed by atoms with Gasteiger partial charge in [-0.3, -0.25) is 4.79 Å². The van der Waals surface area contributed by atoms with Gasteiger partial charge in [0.15, 0.2) is 0 Å². The number of aryl methyl sites for hydroxylation is 1. The first-order valence-electron chi connectivity index (χ1n) is 11.3. The predicted octanol–water partition coefficient (Wildman–Crippen LogP) is 5.08. The fourth-order valence-corrected chi connectivity index (χ4v) is 3.72. The number of rotatable bonds is 13. The van der Waals surface area contributed by atoms with Gasteiger partial charge in [-0.2, -0.15) is 0 Å². The van der Waals surface area contributed by atoms with E-state index in [2.05, 4.69) is 28.6 Å². The van der Waals surface area contributed by atoms with Crippen LogP contribution in [-0.2, 0) is 24.2 Å². The lowest BCUT2D eigenvalue weighted by Crippen LogP contribution is -2.26. The summed E-state index contributed by atoms with van der Waals surface area (Å²) in [4.78, 5) is 16.6. The molecule has 0 aliphatic rings. The Labute approximate surface area is 185 Å². The number of para-hydroxylation sites is 3. The van der Waals surface area contributed by atoms with Gasteiger partial charge in [-0.15, -0.1) is 6.58 Å². The summed E-state index contributed by atoms with van der Waals surface area (Å²) in [6, 6.07) is 16.4. The van der Waals surface area contributed by atoms with Crippen molar-refractivity contribution in [1.29, 1.82) is 0 Å². The molecule has 0 saturated carbocycles. The zero-order valence-electron chi connectivity index (χ0n) is 18.5. The zero-order chi connectivity index (χ0) is 21.9.